The van der Waals surface area contributed by atoms with Crippen LogP contribution in [0.2, 0.25) is 0 Å². The molecule has 2 amide bonds. The van der Waals surface area contributed by atoms with E-state index in [4.69, 9.17) is 0 Å². The molecule has 1 atom stereocenters. The van der Waals surface area contributed by atoms with E-state index in [1.54, 1.807) is 4.90 Å². The lowest BCUT2D eigenvalue weighted by molar-refractivity contribution is -0.141. The Bertz CT molecular complexity index is 457. The van der Waals surface area contributed by atoms with E-state index in [9.17, 15) is 18.0 Å². The van der Waals surface area contributed by atoms with Gasteiger partial charge in [-0.05, 0) is 27.2 Å². The lowest BCUT2D eigenvalue weighted by atomic mass is 10.2. The predicted molar refractivity (Wildman–Crippen MR) is 77.0 cm³/mol. The smallest absolute Gasteiger partial charge is 0.232 e. The molecular weight excluding hydrogens is 280 g/mol. The minimum atomic E-state index is -3.03. The number of hydrogen-bond donors (Lipinski definition) is 0. The second-order valence-corrected chi connectivity index (χ2v) is 7.21. The third kappa shape index (κ3) is 4.19. The van der Waals surface area contributed by atoms with Crippen molar-refractivity contribution < 1.29 is 18.0 Å². The second-order valence-electron chi connectivity index (χ2n) is 4.98. The zero-order chi connectivity index (χ0) is 15.3. The maximum absolute atomic E-state index is 12.2. The molecule has 0 saturated carbocycles. The molecule has 7 heteroatoms. The Kier molecular flexibility index (Phi) is 5.98. The van der Waals surface area contributed by atoms with Crippen molar-refractivity contribution >= 4 is 21.7 Å². The van der Waals surface area contributed by atoms with Crippen LogP contribution < -0.4 is 0 Å². The van der Waals surface area contributed by atoms with Gasteiger partial charge in [0.05, 0.1) is 11.5 Å². The Morgan fingerprint density at radius 2 is 1.65 bits per heavy atom. The summed E-state index contributed by atoms with van der Waals surface area (Å²) in [6.45, 7) is 7.13. The molecule has 0 radical (unpaired) electrons. The lowest BCUT2D eigenvalue weighted by Gasteiger charge is -2.28. The molecule has 0 aromatic heterocycles. The van der Waals surface area contributed by atoms with Gasteiger partial charge in [-0.2, -0.15) is 0 Å². The molecule has 1 saturated heterocycles. The number of carbonyl (C=O) groups excluding carboxylic acids is 2. The molecule has 20 heavy (non-hydrogen) atoms. The third-order valence-electron chi connectivity index (χ3n) is 3.73. The molecule has 1 aliphatic heterocycles. The molecule has 1 fully saturated rings. The van der Waals surface area contributed by atoms with Crippen molar-refractivity contribution in [1.82, 2.24) is 9.80 Å². The molecule has 0 aromatic carbocycles. The summed E-state index contributed by atoms with van der Waals surface area (Å²) in [5, 5.41) is 0. The number of amides is 2. The van der Waals surface area contributed by atoms with E-state index in [-0.39, 0.29) is 35.8 Å². The summed E-state index contributed by atoms with van der Waals surface area (Å²) < 4.78 is 23.0. The summed E-state index contributed by atoms with van der Waals surface area (Å²) >= 11 is 0. The maximum Gasteiger partial charge on any atom is 0.232 e. The fourth-order valence-electron chi connectivity index (χ4n) is 2.58. The standard InChI is InChI=1S/C13H24N2O4S/c1-4-14(5-2)12(16)9-13(17)15(6-3)11-7-8-20(18,19)10-11/h11H,4-10H2,1-3H3. The van der Waals surface area contributed by atoms with Gasteiger partial charge in [-0.15, -0.1) is 0 Å². The first-order chi connectivity index (χ1) is 9.34. The molecule has 0 aromatic rings. The molecule has 0 aliphatic carbocycles. The van der Waals surface area contributed by atoms with Crippen molar-refractivity contribution in [2.24, 2.45) is 0 Å². The largest absolute Gasteiger partial charge is 0.343 e. The number of sulfone groups is 1. The fourth-order valence-corrected chi connectivity index (χ4v) is 4.31. The quantitative estimate of drug-likeness (QED) is 0.661. The Hall–Kier alpha value is -1.11. The van der Waals surface area contributed by atoms with Crippen LogP contribution in [0, 0.1) is 0 Å². The molecule has 6 nitrogen and oxygen atoms in total. The van der Waals surface area contributed by atoms with Gasteiger partial charge in [0, 0.05) is 25.7 Å². The molecular formula is C13H24N2O4S. The van der Waals surface area contributed by atoms with Crippen LogP contribution in [0.5, 0.6) is 0 Å². The molecule has 1 rings (SSSR count). The highest BCUT2D eigenvalue weighted by Gasteiger charge is 2.34. The van der Waals surface area contributed by atoms with Crippen LogP contribution in [-0.2, 0) is 19.4 Å². The van der Waals surface area contributed by atoms with Crippen LogP contribution in [-0.4, -0.2) is 67.2 Å². The van der Waals surface area contributed by atoms with Crippen molar-refractivity contribution in [3.8, 4) is 0 Å². The predicted octanol–water partition coefficient (Wildman–Crippen LogP) is 0.281. The molecule has 1 aliphatic rings. The van der Waals surface area contributed by atoms with Crippen LogP contribution in [0.25, 0.3) is 0 Å². The van der Waals surface area contributed by atoms with Crippen LogP contribution in [0.1, 0.15) is 33.6 Å². The zero-order valence-electron chi connectivity index (χ0n) is 12.5. The lowest BCUT2D eigenvalue weighted by Crippen LogP contribution is -2.43. The van der Waals surface area contributed by atoms with Crippen LogP contribution in [0.15, 0.2) is 0 Å². The van der Waals surface area contributed by atoms with Gasteiger partial charge in [-0.1, -0.05) is 0 Å². The molecule has 1 heterocycles. The average molecular weight is 304 g/mol. The fraction of sp³-hybridized carbons (Fsp3) is 0.846. The monoisotopic (exact) mass is 304 g/mol. The van der Waals surface area contributed by atoms with E-state index < -0.39 is 9.84 Å². The molecule has 116 valence electrons. The van der Waals surface area contributed by atoms with Crippen molar-refractivity contribution in [2.75, 3.05) is 31.1 Å². The normalized spacial score (nSPS) is 20.6. The number of carbonyl (C=O) groups is 2. The number of rotatable bonds is 6. The summed E-state index contributed by atoms with van der Waals surface area (Å²) in [5.74, 6) is -0.317. The first-order valence-corrected chi connectivity index (χ1v) is 8.94. The Balaban J connectivity index is 2.66. The maximum atomic E-state index is 12.2. The van der Waals surface area contributed by atoms with Crippen molar-refractivity contribution in [3.63, 3.8) is 0 Å². The summed E-state index contributed by atoms with van der Waals surface area (Å²) in [5.41, 5.74) is 0. The first kappa shape index (κ1) is 16.9. The number of hydrogen-bond acceptors (Lipinski definition) is 4. The van der Waals surface area contributed by atoms with Crippen LogP contribution >= 0.6 is 0 Å². The Labute approximate surface area is 121 Å². The summed E-state index contributed by atoms with van der Waals surface area (Å²) in [7, 11) is -3.03. The second kappa shape index (κ2) is 7.06. The van der Waals surface area contributed by atoms with Gasteiger partial charge in [-0.3, -0.25) is 9.59 Å². The SMILES string of the molecule is CCN(CC)C(=O)CC(=O)N(CC)C1CCS(=O)(=O)C1. The minimum Gasteiger partial charge on any atom is -0.343 e. The average Bonchev–Trinajstić information content (AvgIpc) is 2.72. The highest BCUT2D eigenvalue weighted by molar-refractivity contribution is 7.91. The van der Waals surface area contributed by atoms with Crippen LogP contribution in [0.4, 0.5) is 0 Å². The summed E-state index contributed by atoms with van der Waals surface area (Å²) in [6.07, 6.45) is 0.299. The molecule has 0 bridgehead atoms. The van der Waals surface area contributed by atoms with Gasteiger partial charge in [0.1, 0.15) is 6.42 Å². The number of nitrogens with zero attached hydrogens (tertiary/aromatic N) is 2. The molecule has 0 spiro atoms. The summed E-state index contributed by atoms with van der Waals surface area (Å²) in [6, 6.07) is -0.276. The van der Waals surface area contributed by atoms with Crippen molar-refractivity contribution in [1.29, 1.82) is 0 Å². The van der Waals surface area contributed by atoms with Gasteiger partial charge in [0.2, 0.25) is 11.8 Å². The van der Waals surface area contributed by atoms with Gasteiger partial charge < -0.3 is 9.80 Å². The highest BCUT2D eigenvalue weighted by Crippen LogP contribution is 2.18. The van der Waals surface area contributed by atoms with E-state index in [0.717, 1.165) is 0 Å². The Morgan fingerprint density at radius 3 is 2.05 bits per heavy atom. The van der Waals surface area contributed by atoms with E-state index in [1.807, 2.05) is 20.8 Å². The highest BCUT2D eigenvalue weighted by atomic mass is 32.2. The van der Waals surface area contributed by atoms with E-state index >= 15 is 0 Å². The van der Waals surface area contributed by atoms with Gasteiger partial charge in [0.25, 0.3) is 0 Å². The van der Waals surface area contributed by atoms with E-state index in [2.05, 4.69) is 0 Å². The van der Waals surface area contributed by atoms with Gasteiger partial charge in [-0.25, -0.2) is 8.42 Å². The van der Waals surface area contributed by atoms with Crippen LogP contribution in [0.3, 0.4) is 0 Å². The molecule has 0 N–H and O–H groups in total. The van der Waals surface area contributed by atoms with Gasteiger partial charge in [0.15, 0.2) is 9.84 Å². The minimum absolute atomic E-state index is 0.0199. The van der Waals surface area contributed by atoms with Gasteiger partial charge >= 0.3 is 0 Å². The zero-order valence-corrected chi connectivity index (χ0v) is 13.3. The first-order valence-electron chi connectivity index (χ1n) is 7.12. The van der Waals surface area contributed by atoms with E-state index in [0.29, 0.717) is 26.1 Å². The van der Waals surface area contributed by atoms with Crippen molar-refractivity contribution in [3.05, 3.63) is 0 Å². The summed E-state index contributed by atoms with van der Waals surface area (Å²) in [4.78, 5) is 27.3. The molecule has 1 unspecified atom stereocenters. The topological polar surface area (TPSA) is 74.8 Å². The van der Waals surface area contributed by atoms with E-state index in [1.165, 1.54) is 4.90 Å². The van der Waals surface area contributed by atoms with Crippen molar-refractivity contribution in [2.45, 2.75) is 39.7 Å². The third-order valence-corrected chi connectivity index (χ3v) is 5.48. The Morgan fingerprint density at radius 1 is 1.05 bits per heavy atom.